The number of carboxylic acids is 1. The van der Waals surface area contributed by atoms with E-state index >= 15 is 0 Å². The molecule has 0 bridgehead atoms. The van der Waals surface area contributed by atoms with E-state index in [1.807, 2.05) is 0 Å². The van der Waals surface area contributed by atoms with Crippen LogP contribution in [0.25, 0.3) is 0 Å². The van der Waals surface area contributed by atoms with Crippen LogP contribution in [0.15, 0.2) is 0 Å². The second-order valence-electron chi connectivity index (χ2n) is 1.29. The van der Waals surface area contributed by atoms with Crippen molar-refractivity contribution >= 4 is 28.2 Å². The highest BCUT2D eigenvalue weighted by molar-refractivity contribution is 6.09. The molecule has 70 valence electrons. The second-order valence-corrected chi connectivity index (χ2v) is 1.29. The summed E-state index contributed by atoms with van der Waals surface area (Å²) >= 11 is 0. The van der Waals surface area contributed by atoms with Gasteiger partial charge in [-0.25, -0.2) is 9.59 Å². The Morgan fingerprint density at radius 1 is 1.15 bits per heavy atom. The van der Waals surface area contributed by atoms with Crippen LogP contribution in [0.4, 0.5) is 18.0 Å². The largest absolute Gasteiger partial charge is 0.514 e. The maximum absolute atomic E-state index is 10.6. The number of carbonyl (C=O) groups excluding carboxylic acids is 1. The zero-order valence-electron chi connectivity index (χ0n) is 5.87. The second kappa shape index (κ2) is 6.21. The molecular formula is C3HB2F3O5. The van der Waals surface area contributed by atoms with Crippen molar-refractivity contribution in [1.82, 2.24) is 0 Å². The van der Waals surface area contributed by atoms with E-state index in [9.17, 15) is 18.0 Å². The number of carbonyl (C=O) groups is 2. The number of hydrogen-bond acceptors (Lipinski definition) is 4. The highest BCUT2D eigenvalue weighted by Gasteiger charge is 2.38. The molecule has 0 aliphatic carbocycles. The molecule has 10 heteroatoms. The first-order valence-corrected chi connectivity index (χ1v) is 2.33. The number of alkyl halides is 3. The predicted octanol–water partition coefficient (Wildman–Crippen LogP) is -0.0601. The minimum Gasteiger partial charge on any atom is -0.514 e. The lowest BCUT2D eigenvalue weighted by Gasteiger charge is -1.93. The number of rotatable bonds is 0. The molecular weight excluding hydrogens is 195 g/mol. The zero-order valence-corrected chi connectivity index (χ0v) is 5.87. The van der Waals surface area contributed by atoms with Gasteiger partial charge < -0.3 is 14.4 Å². The van der Waals surface area contributed by atoms with Crippen molar-refractivity contribution in [3.63, 3.8) is 0 Å². The van der Waals surface area contributed by atoms with Crippen LogP contribution >= 0.6 is 0 Å². The molecule has 0 heterocycles. The summed E-state index contributed by atoms with van der Waals surface area (Å²) in [7, 11) is 8.46. The molecule has 0 aliphatic rings. The first-order chi connectivity index (χ1) is 5.75. The monoisotopic (exact) mass is 196 g/mol. The van der Waals surface area contributed by atoms with E-state index in [1.54, 1.807) is 0 Å². The van der Waals surface area contributed by atoms with Crippen molar-refractivity contribution < 1.29 is 37.2 Å². The molecule has 0 aliphatic heterocycles. The Labute approximate surface area is 72.7 Å². The summed E-state index contributed by atoms with van der Waals surface area (Å²) in [5.41, 5.74) is 0. The zero-order chi connectivity index (χ0) is 11.1. The van der Waals surface area contributed by atoms with Crippen molar-refractivity contribution in [3.05, 3.63) is 0 Å². The minimum atomic E-state index is -5.08. The van der Waals surface area contributed by atoms with Gasteiger partial charge >= 0.3 is 34.4 Å². The van der Waals surface area contributed by atoms with Gasteiger partial charge in [0.05, 0.1) is 0 Å². The fourth-order valence-electron chi connectivity index (χ4n) is 0.0278. The van der Waals surface area contributed by atoms with E-state index in [4.69, 9.17) is 9.90 Å². The Hall–Kier alpha value is -1.34. The number of halogens is 3. The number of aliphatic carboxylic acids is 1. The molecule has 0 rings (SSSR count). The third-order valence-corrected chi connectivity index (χ3v) is 0.435. The molecule has 0 saturated heterocycles. The van der Waals surface area contributed by atoms with Crippen LogP contribution in [-0.4, -0.2) is 39.5 Å². The lowest BCUT2D eigenvalue weighted by atomic mass is 10.6. The molecule has 0 fully saturated rings. The number of hydrogen-bond donors (Lipinski definition) is 1. The van der Waals surface area contributed by atoms with Gasteiger partial charge in [0.25, 0.3) is 0 Å². The highest BCUT2D eigenvalue weighted by atomic mass is 19.4. The van der Waals surface area contributed by atoms with E-state index in [0.717, 1.165) is 0 Å². The molecule has 0 aromatic heterocycles. The average molecular weight is 196 g/mol. The van der Waals surface area contributed by atoms with Crippen molar-refractivity contribution in [2.75, 3.05) is 0 Å². The lowest BCUT2D eigenvalue weighted by molar-refractivity contribution is -0.192. The van der Waals surface area contributed by atoms with Gasteiger partial charge in [0.2, 0.25) is 0 Å². The van der Waals surface area contributed by atoms with Crippen LogP contribution in [0.3, 0.4) is 0 Å². The molecule has 0 unspecified atom stereocenters. The van der Waals surface area contributed by atoms with Crippen LogP contribution in [0.5, 0.6) is 0 Å². The van der Waals surface area contributed by atoms with E-state index < -0.39 is 18.3 Å². The Kier molecular flexibility index (Phi) is 6.78. The molecule has 0 saturated carbocycles. The van der Waals surface area contributed by atoms with Crippen molar-refractivity contribution in [2.45, 2.75) is 6.18 Å². The van der Waals surface area contributed by atoms with E-state index in [2.05, 4.69) is 25.4 Å². The summed E-state index contributed by atoms with van der Waals surface area (Å²) < 4.78 is 38.6. The predicted molar refractivity (Wildman–Crippen MR) is 32.8 cm³/mol. The Morgan fingerprint density at radius 2 is 1.38 bits per heavy atom. The standard InChI is InChI=1S/C2HF3O2.CB2O3/c3-2(4,5)1(6)7;2-5-1(4)6-3/h(H,6,7);. The molecule has 13 heavy (non-hydrogen) atoms. The first kappa shape index (κ1) is 14.2. The molecule has 4 radical (unpaired) electrons. The first-order valence-electron chi connectivity index (χ1n) is 2.33. The summed E-state index contributed by atoms with van der Waals surface area (Å²) in [5.74, 6) is -2.76. The Bertz CT molecular complexity index is 174. The quantitative estimate of drug-likeness (QED) is 0.549. The van der Waals surface area contributed by atoms with E-state index in [0.29, 0.717) is 0 Å². The van der Waals surface area contributed by atoms with Gasteiger partial charge in [0.15, 0.2) is 0 Å². The smallest absolute Gasteiger partial charge is 0.490 e. The van der Waals surface area contributed by atoms with Gasteiger partial charge in [-0.05, 0) is 0 Å². The molecule has 0 spiro atoms. The molecule has 1 N–H and O–H groups in total. The van der Waals surface area contributed by atoms with Gasteiger partial charge in [-0.3, -0.25) is 0 Å². The average Bonchev–Trinajstić information content (AvgIpc) is 2.02. The van der Waals surface area contributed by atoms with Gasteiger partial charge in [-0.1, -0.05) is 0 Å². The summed E-state index contributed by atoms with van der Waals surface area (Å²) in [6.45, 7) is 0. The van der Waals surface area contributed by atoms with Crippen molar-refractivity contribution in [2.24, 2.45) is 0 Å². The van der Waals surface area contributed by atoms with Gasteiger partial charge in [-0.15, -0.1) is 0 Å². The Balaban J connectivity index is 0. The van der Waals surface area contributed by atoms with Crippen LogP contribution in [-0.2, 0) is 14.1 Å². The van der Waals surface area contributed by atoms with E-state index in [-0.39, 0.29) is 0 Å². The topological polar surface area (TPSA) is 72.8 Å². The van der Waals surface area contributed by atoms with Gasteiger partial charge in [0, 0.05) is 0 Å². The fraction of sp³-hybridized carbons (Fsp3) is 0.333. The number of carboxylic acid groups (broad SMARTS) is 1. The van der Waals surface area contributed by atoms with Crippen LogP contribution in [0.2, 0.25) is 0 Å². The molecule has 0 aromatic rings. The maximum Gasteiger partial charge on any atom is 0.490 e. The van der Waals surface area contributed by atoms with E-state index in [1.165, 1.54) is 0 Å². The summed E-state index contributed by atoms with van der Waals surface area (Å²) in [4.78, 5) is 18.4. The van der Waals surface area contributed by atoms with Crippen LogP contribution in [0.1, 0.15) is 0 Å². The molecule has 5 nitrogen and oxygen atoms in total. The third-order valence-electron chi connectivity index (χ3n) is 0.435. The van der Waals surface area contributed by atoms with Gasteiger partial charge in [0.1, 0.15) is 0 Å². The fourth-order valence-corrected chi connectivity index (χ4v) is 0.0278. The molecule has 0 aromatic carbocycles. The minimum absolute atomic E-state index is 1.10. The molecule has 0 amide bonds. The van der Waals surface area contributed by atoms with Crippen molar-refractivity contribution in [1.29, 1.82) is 0 Å². The Morgan fingerprint density at radius 3 is 1.38 bits per heavy atom. The maximum atomic E-state index is 10.6. The van der Waals surface area contributed by atoms with Crippen LogP contribution < -0.4 is 0 Å². The normalized spacial score (nSPS) is 9.15. The SMILES string of the molecule is O=C(O)C(F)(F)F.[B]OC(=O)O[B]. The van der Waals surface area contributed by atoms with Crippen LogP contribution in [0, 0.1) is 0 Å². The highest BCUT2D eigenvalue weighted by Crippen LogP contribution is 2.13. The molecule has 0 atom stereocenters. The summed E-state index contributed by atoms with van der Waals surface area (Å²) in [5, 5.41) is 7.12. The van der Waals surface area contributed by atoms with Gasteiger partial charge in [-0.2, -0.15) is 13.2 Å². The van der Waals surface area contributed by atoms with Crippen molar-refractivity contribution in [3.8, 4) is 0 Å². The summed E-state index contributed by atoms with van der Waals surface area (Å²) in [6, 6.07) is 0. The lowest BCUT2D eigenvalue weighted by Crippen LogP contribution is -2.21. The summed E-state index contributed by atoms with van der Waals surface area (Å²) in [6.07, 6.45) is -6.19. The third kappa shape index (κ3) is 10.7.